The summed E-state index contributed by atoms with van der Waals surface area (Å²) in [6.45, 7) is 0. The van der Waals surface area contributed by atoms with Gasteiger partial charge in [-0.3, -0.25) is 4.57 Å². The van der Waals surface area contributed by atoms with Crippen molar-refractivity contribution in [2.45, 2.75) is 0 Å². The summed E-state index contributed by atoms with van der Waals surface area (Å²) in [5.41, 5.74) is 12.6. The van der Waals surface area contributed by atoms with Crippen molar-refractivity contribution in [3.05, 3.63) is 200 Å². The van der Waals surface area contributed by atoms with Crippen LogP contribution in [0.2, 0.25) is 0 Å². The number of rotatable bonds is 5. The first-order valence-electron chi connectivity index (χ1n) is 19.4. The van der Waals surface area contributed by atoms with Crippen molar-refractivity contribution in [2.75, 3.05) is 0 Å². The van der Waals surface area contributed by atoms with E-state index in [0.717, 1.165) is 39.2 Å². The molecule has 0 atom stereocenters. The molecule has 57 heavy (non-hydrogen) atoms. The molecule has 0 aliphatic heterocycles. The maximum Gasteiger partial charge on any atom is 0.138 e. The third-order valence-electron chi connectivity index (χ3n) is 11.5. The summed E-state index contributed by atoms with van der Waals surface area (Å²) in [7, 11) is 0. The third-order valence-corrected chi connectivity index (χ3v) is 12.7. The van der Waals surface area contributed by atoms with Crippen molar-refractivity contribution in [1.82, 2.24) is 14.1 Å². The summed E-state index contributed by atoms with van der Waals surface area (Å²) in [5.74, 6) is 0.901. The van der Waals surface area contributed by atoms with Crippen LogP contribution in [0.5, 0.6) is 0 Å². The monoisotopic (exact) mass is 743 g/mol. The van der Waals surface area contributed by atoms with Gasteiger partial charge in [0.25, 0.3) is 0 Å². The lowest BCUT2D eigenvalue weighted by Crippen LogP contribution is -2.00. The molecule has 4 heterocycles. The topological polar surface area (TPSA) is 22.8 Å². The fourth-order valence-electron chi connectivity index (χ4n) is 8.92. The molecule has 12 rings (SSSR count). The highest BCUT2D eigenvalue weighted by Crippen LogP contribution is 2.42. The molecule has 0 unspecified atom stereocenters. The number of nitrogens with zero attached hydrogens (tertiary/aromatic N) is 3. The van der Waals surface area contributed by atoms with Crippen molar-refractivity contribution in [3.63, 3.8) is 0 Å². The predicted octanol–water partition coefficient (Wildman–Crippen LogP) is 14.6. The number of pyridine rings is 1. The van der Waals surface area contributed by atoms with Crippen molar-refractivity contribution >= 4 is 75.1 Å². The van der Waals surface area contributed by atoms with Gasteiger partial charge in [-0.1, -0.05) is 133 Å². The van der Waals surface area contributed by atoms with Gasteiger partial charge in [0.2, 0.25) is 0 Å². The predicted molar refractivity (Wildman–Crippen MR) is 242 cm³/mol. The maximum absolute atomic E-state index is 5.53. The van der Waals surface area contributed by atoms with Crippen LogP contribution in [-0.4, -0.2) is 14.1 Å². The number of hydrogen-bond donors (Lipinski definition) is 0. The van der Waals surface area contributed by atoms with E-state index in [-0.39, 0.29) is 0 Å². The molecular weight excluding hydrogens is 711 g/mol. The van der Waals surface area contributed by atoms with E-state index >= 15 is 0 Å². The summed E-state index contributed by atoms with van der Waals surface area (Å²) in [4.78, 5) is 5.53. The second kappa shape index (κ2) is 12.6. The Morgan fingerprint density at radius 3 is 1.63 bits per heavy atom. The maximum atomic E-state index is 5.53. The highest BCUT2D eigenvalue weighted by molar-refractivity contribution is 7.26. The second-order valence-corrected chi connectivity index (χ2v) is 15.8. The first-order chi connectivity index (χ1) is 28.3. The van der Waals surface area contributed by atoms with Crippen LogP contribution in [-0.2, 0) is 0 Å². The van der Waals surface area contributed by atoms with Gasteiger partial charge in [-0.2, -0.15) is 0 Å². The Hall–Kier alpha value is -7.27. The summed E-state index contributed by atoms with van der Waals surface area (Å²) >= 11 is 1.85. The van der Waals surface area contributed by atoms with Gasteiger partial charge >= 0.3 is 0 Å². The highest BCUT2D eigenvalue weighted by Gasteiger charge is 2.19. The van der Waals surface area contributed by atoms with Crippen LogP contribution in [0.4, 0.5) is 0 Å². The minimum Gasteiger partial charge on any atom is -0.309 e. The standard InChI is InChI=1S/C53H33N3S/c1-3-14-34(15-4-1)37-32-46(43-22-13-21-42-41-20-9-12-25-51(41)57-53(42)43)54-52(33-37)56-48-24-11-8-19-40(48)45-31-36(27-29-50(45)56)35-26-28-49-44(30-35)39-18-7-10-23-47(39)55(49)38-16-5-2-6-17-38/h1-33H. The van der Waals surface area contributed by atoms with Crippen LogP contribution in [0.25, 0.3) is 109 Å². The number of aromatic nitrogens is 3. The van der Waals surface area contributed by atoms with E-state index in [1.54, 1.807) is 0 Å². The number of para-hydroxylation sites is 3. The number of benzene rings is 8. The molecule has 3 nitrogen and oxygen atoms in total. The lowest BCUT2D eigenvalue weighted by molar-refractivity contribution is 1.09. The smallest absolute Gasteiger partial charge is 0.138 e. The summed E-state index contributed by atoms with van der Waals surface area (Å²) in [6, 6.07) is 72.5. The SMILES string of the molecule is c1ccc(-c2cc(-c3cccc4c3sc3ccccc34)nc(-n3c4ccccc4c4cc(-c5ccc6c(c5)c5ccccc5n6-c5ccccc5)ccc43)c2)cc1. The summed E-state index contributed by atoms with van der Waals surface area (Å²) in [5, 5.41) is 7.47. The van der Waals surface area contributed by atoms with Crippen molar-refractivity contribution in [1.29, 1.82) is 0 Å². The van der Waals surface area contributed by atoms with E-state index < -0.39 is 0 Å². The zero-order chi connectivity index (χ0) is 37.5. The Kier molecular flexibility index (Phi) is 7.10. The molecule has 4 aromatic heterocycles. The number of hydrogen-bond acceptors (Lipinski definition) is 2. The molecule has 12 aromatic rings. The number of fused-ring (bicyclic) bond motifs is 9. The lowest BCUT2D eigenvalue weighted by atomic mass is 10.0. The molecule has 0 aliphatic rings. The van der Waals surface area contributed by atoms with Crippen LogP contribution in [0.15, 0.2) is 200 Å². The molecule has 0 N–H and O–H groups in total. The molecule has 0 radical (unpaired) electrons. The number of thiophene rings is 1. The average molecular weight is 744 g/mol. The van der Waals surface area contributed by atoms with Crippen molar-refractivity contribution < 1.29 is 0 Å². The van der Waals surface area contributed by atoms with E-state index in [0.29, 0.717) is 0 Å². The van der Waals surface area contributed by atoms with E-state index in [4.69, 9.17) is 4.98 Å². The molecule has 4 heteroatoms. The minimum absolute atomic E-state index is 0.901. The first-order valence-corrected chi connectivity index (χ1v) is 20.2. The molecule has 0 saturated carbocycles. The van der Waals surface area contributed by atoms with Gasteiger partial charge in [-0.15, -0.1) is 11.3 Å². The van der Waals surface area contributed by atoms with Crippen LogP contribution < -0.4 is 0 Å². The van der Waals surface area contributed by atoms with Gasteiger partial charge in [0.15, 0.2) is 0 Å². The van der Waals surface area contributed by atoms with Gasteiger partial charge in [-0.05, 0) is 89.0 Å². The van der Waals surface area contributed by atoms with Crippen LogP contribution in [0.1, 0.15) is 0 Å². The Morgan fingerprint density at radius 1 is 0.351 bits per heavy atom. The molecular formula is C53H33N3S. The van der Waals surface area contributed by atoms with Crippen LogP contribution >= 0.6 is 11.3 Å². The highest BCUT2D eigenvalue weighted by atomic mass is 32.1. The zero-order valence-electron chi connectivity index (χ0n) is 30.8. The van der Waals surface area contributed by atoms with Gasteiger partial charge < -0.3 is 4.57 Å². The average Bonchev–Trinajstić information content (AvgIpc) is 3.94. The summed E-state index contributed by atoms with van der Waals surface area (Å²) in [6.07, 6.45) is 0. The van der Waals surface area contributed by atoms with Gasteiger partial charge in [-0.25, -0.2) is 4.98 Å². The zero-order valence-corrected chi connectivity index (χ0v) is 31.6. The van der Waals surface area contributed by atoms with E-state index in [1.165, 1.54) is 69.6 Å². The van der Waals surface area contributed by atoms with Gasteiger partial charge in [0, 0.05) is 53.0 Å². The molecule has 0 saturated heterocycles. The second-order valence-electron chi connectivity index (χ2n) is 14.8. The lowest BCUT2D eigenvalue weighted by Gasteiger charge is -2.13. The normalized spacial score (nSPS) is 11.9. The molecule has 0 bridgehead atoms. The molecule has 266 valence electrons. The third kappa shape index (κ3) is 5.01. The largest absolute Gasteiger partial charge is 0.309 e. The van der Waals surface area contributed by atoms with E-state index in [1.807, 2.05) is 11.3 Å². The van der Waals surface area contributed by atoms with Gasteiger partial charge in [0.05, 0.1) is 27.8 Å². The van der Waals surface area contributed by atoms with Gasteiger partial charge in [0.1, 0.15) is 5.82 Å². The minimum atomic E-state index is 0.901. The fraction of sp³-hybridized carbons (Fsp3) is 0. The van der Waals surface area contributed by atoms with Crippen molar-refractivity contribution in [2.24, 2.45) is 0 Å². The molecule has 0 fully saturated rings. The van der Waals surface area contributed by atoms with E-state index in [2.05, 4.69) is 209 Å². The van der Waals surface area contributed by atoms with Crippen LogP contribution in [0.3, 0.4) is 0 Å². The molecule has 0 aliphatic carbocycles. The molecule has 0 amide bonds. The Morgan fingerprint density at radius 2 is 0.912 bits per heavy atom. The Balaban J connectivity index is 1.06. The Bertz CT molecular complexity index is 3520. The van der Waals surface area contributed by atoms with Crippen molar-refractivity contribution in [3.8, 4) is 45.0 Å². The van der Waals surface area contributed by atoms with E-state index in [9.17, 15) is 0 Å². The first kappa shape index (κ1) is 32.0. The molecule has 0 spiro atoms. The molecule has 8 aromatic carbocycles. The quantitative estimate of drug-likeness (QED) is 0.172. The fourth-order valence-corrected chi connectivity index (χ4v) is 10.1. The Labute approximate surface area is 333 Å². The van der Waals surface area contributed by atoms with Crippen LogP contribution in [0, 0.1) is 0 Å². The summed E-state index contributed by atoms with van der Waals surface area (Å²) < 4.78 is 7.28.